The molecule has 0 heterocycles. The lowest BCUT2D eigenvalue weighted by atomic mass is 9.81. The molecule has 0 aliphatic rings. The molecule has 2 aromatic rings. The summed E-state index contributed by atoms with van der Waals surface area (Å²) in [7, 11) is 1.94. The number of nitrogens with one attached hydrogen (secondary N) is 1. The van der Waals surface area contributed by atoms with Gasteiger partial charge in [0.1, 0.15) is 5.82 Å². The van der Waals surface area contributed by atoms with E-state index in [0.717, 1.165) is 5.56 Å². The molecule has 0 spiro atoms. The van der Waals surface area contributed by atoms with Gasteiger partial charge in [-0.25, -0.2) is 4.39 Å². The van der Waals surface area contributed by atoms with Gasteiger partial charge < -0.3 is 5.32 Å². The van der Waals surface area contributed by atoms with E-state index < -0.39 is 0 Å². The quantitative estimate of drug-likeness (QED) is 0.864. The third kappa shape index (κ3) is 3.70. The lowest BCUT2D eigenvalue weighted by Crippen LogP contribution is -2.24. The second-order valence-corrected chi connectivity index (χ2v) is 6.47. The van der Waals surface area contributed by atoms with E-state index in [-0.39, 0.29) is 17.3 Å². The monoisotopic (exact) mass is 285 g/mol. The van der Waals surface area contributed by atoms with Crippen molar-refractivity contribution in [2.75, 3.05) is 7.05 Å². The number of hydrogen-bond donors (Lipinski definition) is 1. The maximum atomic E-state index is 13.9. The van der Waals surface area contributed by atoms with Crippen molar-refractivity contribution in [3.05, 3.63) is 71.0 Å². The maximum absolute atomic E-state index is 13.9. The van der Waals surface area contributed by atoms with Crippen molar-refractivity contribution in [3.63, 3.8) is 0 Å². The highest BCUT2D eigenvalue weighted by Gasteiger charge is 2.22. The summed E-state index contributed by atoms with van der Waals surface area (Å²) in [5.74, 6) is -0.133. The second-order valence-electron chi connectivity index (χ2n) is 6.47. The van der Waals surface area contributed by atoms with Gasteiger partial charge in [-0.15, -0.1) is 0 Å². The first-order chi connectivity index (χ1) is 9.93. The van der Waals surface area contributed by atoms with Crippen LogP contribution in [0.5, 0.6) is 0 Å². The largest absolute Gasteiger partial charge is 0.313 e. The van der Waals surface area contributed by atoms with E-state index in [1.165, 1.54) is 17.2 Å². The van der Waals surface area contributed by atoms with Crippen molar-refractivity contribution in [2.45, 2.75) is 38.6 Å². The third-order valence-electron chi connectivity index (χ3n) is 3.87. The van der Waals surface area contributed by atoms with E-state index in [4.69, 9.17) is 0 Å². The highest BCUT2D eigenvalue weighted by Crippen LogP contribution is 2.31. The van der Waals surface area contributed by atoms with E-state index >= 15 is 0 Å². The molecule has 1 nitrogen and oxygen atoms in total. The van der Waals surface area contributed by atoms with Crippen molar-refractivity contribution in [3.8, 4) is 0 Å². The Kier molecular flexibility index (Phi) is 4.79. The minimum atomic E-state index is -0.133. The van der Waals surface area contributed by atoms with Crippen molar-refractivity contribution in [1.29, 1.82) is 0 Å². The molecule has 0 aliphatic carbocycles. The van der Waals surface area contributed by atoms with Gasteiger partial charge in [0.05, 0.1) is 0 Å². The van der Waals surface area contributed by atoms with Gasteiger partial charge in [-0.05, 0) is 41.6 Å². The average molecular weight is 285 g/mol. The summed E-state index contributed by atoms with van der Waals surface area (Å²) >= 11 is 0. The number of rotatable bonds is 4. The lowest BCUT2D eigenvalue weighted by molar-refractivity contribution is 0.526. The average Bonchev–Trinajstić information content (AvgIpc) is 2.45. The first-order valence-corrected chi connectivity index (χ1v) is 7.43. The third-order valence-corrected chi connectivity index (χ3v) is 3.87. The first-order valence-electron chi connectivity index (χ1n) is 7.43. The van der Waals surface area contributed by atoms with Crippen LogP contribution in [0.15, 0.2) is 48.5 Å². The van der Waals surface area contributed by atoms with Gasteiger partial charge in [0, 0.05) is 6.04 Å². The molecule has 2 heteroatoms. The summed E-state index contributed by atoms with van der Waals surface area (Å²) in [5, 5.41) is 3.34. The Balaban J connectivity index is 2.37. The van der Waals surface area contributed by atoms with E-state index in [1.807, 2.05) is 19.2 Å². The number of benzene rings is 2. The zero-order valence-corrected chi connectivity index (χ0v) is 13.3. The summed E-state index contributed by atoms with van der Waals surface area (Å²) in [5.41, 5.74) is 3.37. The minimum absolute atomic E-state index is 0.0704. The highest BCUT2D eigenvalue weighted by atomic mass is 19.1. The molecule has 1 unspecified atom stereocenters. The molecule has 0 aliphatic heterocycles. The topological polar surface area (TPSA) is 12.0 Å². The van der Waals surface area contributed by atoms with Crippen molar-refractivity contribution >= 4 is 0 Å². The molecule has 0 saturated heterocycles. The van der Waals surface area contributed by atoms with Crippen LogP contribution >= 0.6 is 0 Å². The van der Waals surface area contributed by atoms with Gasteiger partial charge in [-0.2, -0.15) is 0 Å². The Morgan fingerprint density at radius 3 is 2.24 bits per heavy atom. The fourth-order valence-electron chi connectivity index (χ4n) is 2.74. The van der Waals surface area contributed by atoms with Gasteiger partial charge in [0.25, 0.3) is 0 Å². The molecule has 0 amide bonds. The van der Waals surface area contributed by atoms with Gasteiger partial charge in [-0.3, -0.25) is 0 Å². The Bertz CT molecular complexity index is 599. The standard InChI is InChI=1S/C19H24FN/c1-19(2,3)16-11-7-6-10-15(16)18(21-4)13-14-9-5-8-12-17(14)20/h5-12,18,21H,13H2,1-4H3. The molecule has 1 atom stereocenters. The number of likely N-dealkylation sites (N-methyl/N-ethyl adjacent to an activating group) is 1. The van der Waals surface area contributed by atoms with Gasteiger partial charge >= 0.3 is 0 Å². The molecule has 21 heavy (non-hydrogen) atoms. The fourth-order valence-corrected chi connectivity index (χ4v) is 2.74. The minimum Gasteiger partial charge on any atom is -0.313 e. The van der Waals surface area contributed by atoms with Crippen LogP contribution in [-0.2, 0) is 11.8 Å². The van der Waals surface area contributed by atoms with Crippen LogP contribution in [-0.4, -0.2) is 7.05 Å². The Morgan fingerprint density at radius 1 is 1.00 bits per heavy atom. The van der Waals surface area contributed by atoms with E-state index in [0.29, 0.717) is 6.42 Å². The maximum Gasteiger partial charge on any atom is 0.126 e. The zero-order chi connectivity index (χ0) is 15.5. The molecule has 0 aromatic heterocycles. The van der Waals surface area contributed by atoms with E-state index in [1.54, 1.807) is 6.07 Å². The van der Waals surface area contributed by atoms with Gasteiger partial charge in [0.2, 0.25) is 0 Å². The van der Waals surface area contributed by atoms with Crippen LogP contribution in [0.2, 0.25) is 0 Å². The summed E-state index contributed by atoms with van der Waals surface area (Å²) in [6.07, 6.45) is 0.649. The normalized spacial score (nSPS) is 13.2. The van der Waals surface area contributed by atoms with Gasteiger partial charge in [-0.1, -0.05) is 63.2 Å². The zero-order valence-electron chi connectivity index (χ0n) is 13.3. The first kappa shape index (κ1) is 15.7. The van der Waals surface area contributed by atoms with E-state index in [9.17, 15) is 4.39 Å². The van der Waals surface area contributed by atoms with Crippen LogP contribution in [0.25, 0.3) is 0 Å². The molecule has 2 aromatic carbocycles. The molecule has 112 valence electrons. The van der Waals surface area contributed by atoms with Crippen LogP contribution in [0.1, 0.15) is 43.5 Å². The van der Waals surface area contributed by atoms with Crippen LogP contribution in [0.4, 0.5) is 4.39 Å². The van der Waals surface area contributed by atoms with Crippen molar-refractivity contribution in [2.24, 2.45) is 0 Å². The highest BCUT2D eigenvalue weighted by molar-refractivity contribution is 5.36. The van der Waals surface area contributed by atoms with Crippen LogP contribution in [0.3, 0.4) is 0 Å². The fraction of sp³-hybridized carbons (Fsp3) is 0.368. The lowest BCUT2D eigenvalue weighted by Gasteiger charge is -2.27. The summed E-state index contributed by atoms with van der Waals surface area (Å²) < 4.78 is 13.9. The molecule has 0 radical (unpaired) electrons. The molecular formula is C19H24FN. The van der Waals surface area contributed by atoms with E-state index in [2.05, 4.69) is 50.4 Å². The molecular weight excluding hydrogens is 261 g/mol. The molecule has 2 rings (SSSR count). The molecule has 0 saturated carbocycles. The van der Waals surface area contributed by atoms with Crippen molar-refractivity contribution < 1.29 is 4.39 Å². The van der Waals surface area contributed by atoms with Gasteiger partial charge in [0.15, 0.2) is 0 Å². The van der Waals surface area contributed by atoms with Crippen LogP contribution in [0, 0.1) is 5.82 Å². The second kappa shape index (κ2) is 6.40. The smallest absolute Gasteiger partial charge is 0.126 e. The SMILES string of the molecule is CNC(Cc1ccccc1F)c1ccccc1C(C)(C)C. The Morgan fingerprint density at radius 2 is 1.62 bits per heavy atom. The summed E-state index contributed by atoms with van der Waals surface area (Å²) in [6.45, 7) is 6.63. The molecule has 0 fully saturated rings. The van der Waals surface area contributed by atoms with Crippen LogP contribution < -0.4 is 5.32 Å². The summed E-state index contributed by atoms with van der Waals surface area (Å²) in [4.78, 5) is 0. The predicted octanol–water partition coefficient (Wildman–Crippen LogP) is 4.63. The number of halogens is 1. The Labute approximate surface area is 127 Å². The summed E-state index contributed by atoms with van der Waals surface area (Å²) in [6, 6.07) is 15.5. The predicted molar refractivity (Wildman–Crippen MR) is 87.0 cm³/mol. The van der Waals surface area contributed by atoms with Crippen molar-refractivity contribution in [1.82, 2.24) is 5.32 Å². The molecule has 0 bridgehead atoms. The molecule has 1 N–H and O–H groups in total. The number of hydrogen-bond acceptors (Lipinski definition) is 1. The Hall–Kier alpha value is -1.67.